The second kappa shape index (κ2) is 22.8. The zero-order valence-electron chi connectivity index (χ0n) is 27.2. The predicted molar refractivity (Wildman–Crippen MR) is 173 cm³/mol. The molecule has 3 aromatic rings. The first-order valence-electron chi connectivity index (χ1n) is 15.5. The Morgan fingerprint density at radius 1 is 0.587 bits per heavy atom. The molecule has 252 valence electrons. The van der Waals surface area contributed by atoms with Gasteiger partial charge in [0.05, 0.1) is 79.6 Å². The number of carbonyl (C=O) groups is 1. The molecule has 0 spiro atoms. The molecule has 0 atom stereocenters. The molecule has 0 amide bonds. The SMILES string of the molecule is CCc1c(-c2ccc(OCCOCCOCCOCCOCCOCCC(=O)OC)cc2)cncc1-c1ccc(OCOC)cc1. The van der Waals surface area contributed by atoms with Gasteiger partial charge in [-0.15, -0.1) is 0 Å². The summed E-state index contributed by atoms with van der Waals surface area (Å²) in [6, 6.07) is 16.0. The van der Waals surface area contributed by atoms with Crippen LogP contribution in [0.3, 0.4) is 0 Å². The van der Waals surface area contributed by atoms with Crippen LogP contribution in [0.4, 0.5) is 0 Å². The molecule has 0 aliphatic rings. The minimum Gasteiger partial charge on any atom is -0.491 e. The number of methoxy groups -OCH3 is 2. The van der Waals surface area contributed by atoms with Crippen molar-refractivity contribution in [1.82, 2.24) is 4.98 Å². The van der Waals surface area contributed by atoms with E-state index in [1.54, 1.807) is 7.11 Å². The molecule has 0 aliphatic heterocycles. The van der Waals surface area contributed by atoms with Crippen molar-refractivity contribution < 1.29 is 47.4 Å². The van der Waals surface area contributed by atoms with Crippen molar-refractivity contribution in [2.75, 3.05) is 93.7 Å². The molecule has 1 aromatic heterocycles. The fraction of sp³-hybridized carbons (Fsp3) is 0.486. The molecule has 0 saturated heterocycles. The summed E-state index contributed by atoms with van der Waals surface area (Å²) in [6.07, 6.45) is 4.95. The van der Waals surface area contributed by atoms with Crippen molar-refractivity contribution in [3.63, 3.8) is 0 Å². The van der Waals surface area contributed by atoms with E-state index < -0.39 is 0 Å². The van der Waals surface area contributed by atoms with Gasteiger partial charge in [-0.1, -0.05) is 31.2 Å². The lowest BCUT2D eigenvalue weighted by atomic mass is 9.93. The van der Waals surface area contributed by atoms with E-state index in [1.165, 1.54) is 12.7 Å². The molecular formula is C35H47NO10. The molecule has 0 saturated carbocycles. The van der Waals surface area contributed by atoms with Crippen LogP contribution in [0.1, 0.15) is 18.9 Å². The highest BCUT2D eigenvalue weighted by Crippen LogP contribution is 2.33. The Morgan fingerprint density at radius 2 is 1.02 bits per heavy atom. The highest BCUT2D eigenvalue weighted by molar-refractivity contribution is 5.77. The summed E-state index contributed by atoms with van der Waals surface area (Å²) in [5, 5.41) is 0. The maximum atomic E-state index is 11.0. The molecule has 1 heterocycles. The van der Waals surface area contributed by atoms with Crippen LogP contribution in [0, 0.1) is 0 Å². The monoisotopic (exact) mass is 641 g/mol. The molecule has 0 fully saturated rings. The normalized spacial score (nSPS) is 11.0. The van der Waals surface area contributed by atoms with Crippen LogP contribution in [0.25, 0.3) is 22.3 Å². The van der Waals surface area contributed by atoms with Gasteiger partial charge in [0.25, 0.3) is 0 Å². The molecule has 0 radical (unpaired) electrons. The zero-order chi connectivity index (χ0) is 32.7. The molecule has 2 aromatic carbocycles. The number of aromatic nitrogens is 1. The van der Waals surface area contributed by atoms with Crippen molar-refractivity contribution in [2.45, 2.75) is 19.8 Å². The van der Waals surface area contributed by atoms with E-state index >= 15 is 0 Å². The largest absolute Gasteiger partial charge is 0.491 e. The van der Waals surface area contributed by atoms with Crippen molar-refractivity contribution in [3.8, 4) is 33.8 Å². The summed E-state index contributed by atoms with van der Waals surface area (Å²) in [5.74, 6) is 1.26. The third kappa shape index (κ3) is 13.8. The number of hydrogen-bond acceptors (Lipinski definition) is 11. The topological polar surface area (TPSA) is 113 Å². The number of hydrogen-bond donors (Lipinski definition) is 0. The van der Waals surface area contributed by atoms with Gasteiger partial charge in [0.15, 0.2) is 6.79 Å². The third-order valence-corrected chi connectivity index (χ3v) is 6.75. The maximum Gasteiger partial charge on any atom is 0.307 e. The minimum absolute atomic E-state index is 0.218. The fourth-order valence-corrected chi connectivity index (χ4v) is 4.41. The van der Waals surface area contributed by atoms with Gasteiger partial charge in [0, 0.05) is 30.6 Å². The lowest BCUT2D eigenvalue weighted by Crippen LogP contribution is -2.14. The van der Waals surface area contributed by atoms with E-state index in [1.807, 2.05) is 48.8 Å². The van der Waals surface area contributed by atoms with Crippen molar-refractivity contribution >= 4 is 5.97 Å². The van der Waals surface area contributed by atoms with E-state index in [2.05, 4.69) is 28.8 Å². The molecule has 11 heteroatoms. The first kappa shape index (κ1) is 36.9. The van der Waals surface area contributed by atoms with Gasteiger partial charge in [-0.3, -0.25) is 9.78 Å². The molecular weight excluding hydrogens is 594 g/mol. The van der Waals surface area contributed by atoms with Crippen molar-refractivity contribution in [1.29, 1.82) is 0 Å². The predicted octanol–water partition coefficient (Wildman–Crippen LogP) is 4.99. The number of nitrogens with zero attached hydrogens (tertiary/aromatic N) is 1. The Hall–Kier alpha value is -3.58. The van der Waals surface area contributed by atoms with Crippen LogP contribution in [0.2, 0.25) is 0 Å². The summed E-state index contributed by atoms with van der Waals surface area (Å²) in [7, 11) is 2.96. The average molecular weight is 642 g/mol. The van der Waals surface area contributed by atoms with E-state index in [0.29, 0.717) is 72.7 Å². The van der Waals surface area contributed by atoms with Crippen LogP contribution >= 0.6 is 0 Å². The van der Waals surface area contributed by atoms with E-state index in [0.717, 1.165) is 40.2 Å². The number of carbonyl (C=O) groups excluding carboxylic acids is 1. The summed E-state index contributed by atoms with van der Waals surface area (Å²) in [4.78, 5) is 15.5. The first-order chi connectivity index (χ1) is 22.7. The van der Waals surface area contributed by atoms with E-state index in [9.17, 15) is 4.79 Å². The highest BCUT2D eigenvalue weighted by Gasteiger charge is 2.12. The first-order valence-corrected chi connectivity index (χ1v) is 15.5. The number of benzene rings is 2. The fourth-order valence-electron chi connectivity index (χ4n) is 4.41. The maximum absolute atomic E-state index is 11.0. The number of esters is 1. The Balaban J connectivity index is 1.25. The van der Waals surface area contributed by atoms with Gasteiger partial charge in [0.2, 0.25) is 0 Å². The van der Waals surface area contributed by atoms with Gasteiger partial charge < -0.3 is 42.6 Å². The molecule has 0 N–H and O–H groups in total. The molecule has 0 aliphatic carbocycles. The Kier molecular flexibility index (Phi) is 18.3. The molecule has 46 heavy (non-hydrogen) atoms. The quantitative estimate of drug-likeness (QED) is 0.0709. The minimum atomic E-state index is -0.286. The van der Waals surface area contributed by atoms with Gasteiger partial charge in [-0.05, 0) is 47.4 Å². The second-order valence-corrected chi connectivity index (χ2v) is 9.90. The van der Waals surface area contributed by atoms with Gasteiger partial charge in [-0.2, -0.15) is 0 Å². The zero-order valence-corrected chi connectivity index (χ0v) is 27.2. The molecule has 11 nitrogen and oxygen atoms in total. The number of rotatable bonds is 25. The number of pyridine rings is 1. The Morgan fingerprint density at radius 3 is 1.46 bits per heavy atom. The molecule has 0 bridgehead atoms. The third-order valence-electron chi connectivity index (χ3n) is 6.75. The van der Waals surface area contributed by atoms with Crippen LogP contribution in [-0.4, -0.2) is 105 Å². The Bertz CT molecular complexity index is 1240. The summed E-state index contributed by atoms with van der Waals surface area (Å²) >= 11 is 0. The van der Waals surface area contributed by atoms with Gasteiger partial charge in [0.1, 0.15) is 18.1 Å². The van der Waals surface area contributed by atoms with E-state index in [-0.39, 0.29) is 19.2 Å². The second-order valence-electron chi connectivity index (χ2n) is 9.90. The van der Waals surface area contributed by atoms with E-state index in [4.69, 9.17) is 37.9 Å². The molecule has 0 unspecified atom stereocenters. The highest BCUT2D eigenvalue weighted by atomic mass is 16.7. The summed E-state index contributed by atoms with van der Waals surface area (Å²) in [6.45, 7) is 7.36. The number of ether oxygens (including phenoxy) is 9. The van der Waals surface area contributed by atoms with Gasteiger partial charge in [-0.25, -0.2) is 0 Å². The lowest BCUT2D eigenvalue weighted by Gasteiger charge is -2.15. The van der Waals surface area contributed by atoms with Gasteiger partial charge >= 0.3 is 5.97 Å². The summed E-state index contributed by atoms with van der Waals surface area (Å²) < 4.78 is 48.2. The average Bonchev–Trinajstić information content (AvgIpc) is 3.10. The van der Waals surface area contributed by atoms with Crippen molar-refractivity contribution in [2.24, 2.45) is 0 Å². The van der Waals surface area contributed by atoms with Crippen LogP contribution in [-0.2, 0) is 44.4 Å². The van der Waals surface area contributed by atoms with Crippen LogP contribution in [0.5, 0.6) is 11.5 Å². The summed E-state index contributed by atoms with van der Waals surface area (Å²) in [5.41, 5.74) is 5.61. The molecule has 3 rings (SSSR count). The smallest absolute Gasteiger partial charge is 0.307 e. The lowest BCUT2D eigenvalue weighted by molar-refractivity contribution is -0.141. The van der Waals surface area contributed by atoms with Crippen LogP contribution < -0.4 is 9.47 Å². The van der Waals surface area contributed by atoms with Crippen molar-refractivity contribution in [3.05, 3.63) is 66.5 Å². The Labute approximate surface area is 272 Å². The standard InChI is InChI=1S/C35H47NO10/c1-4-32-33(25-36-26-34(32)29-7-11-31(12-8-29)46-27-38-2)28-5-9-30(10-6-28)45-24-23-44-22-21-43-20-19-42-18-17-41-16-15-40-14-13-35(37)39-3/h5-12,25-26H,4,13-24,27H2,1-3H3. The van der Waals surface area contributed by atoms with Crippen LogP contribution in [0.15, 0.2) is 60.9 Å².